The summed E-state index contributed by atoms with van der Waals surface area (Å²) in [7, 11) is -3.45. The predicted molar refractivity (Wildman–Crippen MR) is 115 cm³/mol. The highest BCUT2D eigenvalue weighted by atomic mass is 32.2. The van der Waals surface area contributed by atoms with Crippen LogP contribution in [0.25, 0.3) is 10.2 Å². The van der Waals surface area contributed by atoms with Gasteiger partial charge in [-0.2, -0.15) is 4.31 Å². The van der Waals surface area contributed by atoms with E-state index in [2.05, 4.69) is 15.0 Å². The van der Waals surface area contributed by atoms with Crippen LogP contribution in [0.2, 0.25) is 0 Å². The summed E-state index contributed by atoms with van der Waals surface area (Å²) < 4.78 is 27.2. The Morgan fingerprint density at radius 2 is 1.90 bits per heavy atom. The van der Waals surface area contributed by atoms with Crippen LogP contribution in [-0.4, -0.2) is 40.8 Å². The van der Waals surface area contributed by atoms with Gasteiger partial charge in [0.15, 0.2) is 0 Å². The van der Waals surface area contributed by atoms with Crippen molar-refractivity contribution in [3.05, 3.63) is 34.6 Å². The van der Waals surface area contributed by atoms with Crippen LogP contribution in [0, 0.1) is 6.92 Å². The molecule has 0 aromatic carbocycles. The molecule has 9 heteroatoms. The summed E-state index contributed by atoms with van der Waals surface area (Å²) in [5.41, 5.74) is 1.39. The number of aryl methyl sites for hydroxylation is 3. The number of nitrogens with zero attached hydrogens (tertiary/aromatic N) is 4. The average Bonchev–Trinajstić information content (AvgIpc) is 3.30. The lowest BCUT2D eigenvalue weighted by Gasteiger charge is -2.25. The summed E-state index contributed by atoms with van der Waals surface area (Å²) in [6, 6.07) is 3.46. The Morgan fingerprint density at radius 1 is 1.07 bits per heavy atom. The number of rotatable bonds is 4. The maximum absolute atomic E-state index is 12.8. The highest BCUT2D eigenvalue weighted by molar-refractivity contribution is 7.99. The van der Waals surface area contributed by atoms with Gasteiger partial charge in [0.1, 0.15) is 25.6 Å². The van der Waals surface area contributed by atoms with Gasteiger partial charge in [-0.3, -0.25) is 0 Å². The molecule has 1 aliphatic carbocycles. The second-order valence-electron chi connectivity index (χ2n) is 7.51. The topological polar surface area (TPSA) is 76.1 Å². The molecule has 5 rings (SSSR count). The van der Waals surface area contributed by atoms with Gasteiger partial charge < -0.3 is 0 Å². The van der Waals surface area contributed by atoms with Crippen LogP contribution in [0.5, 0.6) is 0 Å². The predicted octanol–water partition coefficient (Wildman–Crippen LogP) is 4.21. The summed E-state index contributed by atoms with van der Waals surface area (Å²) in [5, 5.41) is 2.83. The van der Waals surface area contributed by atoms with E-state index < -0.39 is 10.0 Å². The zero-order valence-electron chi connectivity index (χ0n) is 16.2. The van der Waals surface area contributed by atoms with Crippen LogP contribution < -0.4 is 0 Å². The number of sulfonamides is 1. The molecular weight excluding hydrogens is 424 g/mol. The molecule has 6 nitrogen and oxygen atoms in total. The van der Waals surface area contributed by atoms with Crippen molar-refractivity contribution in [2.24, 2.45) is 0 Å². The highest BCUT2D eigenvalue weighted by Gasteiger charge is 2.26. The minimum Gasteiger partial charge on any atom is -0.248 e. The molecule has 2 aliphatic rings. The van der Waals surface area contributed by atoms with Crippen LogP contribution in [0.1, 0.15) is 41.9 Å². The lowest BCUT2D eigenvalue weighted by atomic mass is 10.2. The molecule has 3 aromatic heterocycles. The quantitative estimate of drug-likeness (QED) is 0.559. The SMILES string of the molecule is Cc1nc(Sc2ccc(S(=O)(=O)N3CCCCC3)cn2)c2c3c(sc2n1)CCC3. The van der Waals surface area contributed by atoms with E-state index in [0.717, 1.165) is 58.2 Å². The van der Waals surface area contributed by atoms with Crippen LogP contribution in [0.4, 0.5) is 0 Å². The molecule has 29 heavy (non-hydrogen) atoms. The smallest absolute Gasteiger partial charge is 0.244 e. The first-order valence-corrected chi connectivity index (χ1v) is 13.0. The standard InChI is InChI=1S/C20H22N4O2S3/c1-13-22-19-18(15-6-5-7-16(15)27-19)20(23-13)28-17-9-8-14(12-21-17)29(25,26)24-10-3-2-4-11-24/h8-9,12H,2-7,10-11H2,1H3. The van der Waals surface area contributed by atoms with Crippen LogP contribution in [0.15, 0.2) is 33.3 Å². The van der Waals surface area contributed by atoms with E-state index >= 15 is 0 Å². The molecule has 0 unspecified atom stereocenters. The first-order valence-electron chi connectivity index (χ1n) is 9.95. The summed E-state index contributed by atoms with van der Waals surface area (Å²) in [6.45, 7) is 3.11. The van der Waals surface area contributed by atoms with Crippen molar-refractivity contribution in [2.45, 2.75) is 60.4 Å². The number of hydrogen-bond acceptors (Lipinski definition) is 7. The van der Waals surface area contributed by atoms with Crippen LogP contribution in [0.3, 0.4) is 0 Å². The van der Waals surface area contributed by atoms with Crippen molar-refractivity contribution in [1.82, 2.24) is 19.3 Å². The van der Waals surface area contributed by atoms with Crippen molar-refractivity contribution < 1.29 is 8.42 Å². The Labute approximate surface area is 178 Å². The molecule has 1 aliphatic heterocycles. The Kier molecular flexibility index (Phi) is 5.09. The van der Waals surface area contributed by atoms with Gasteiger partial charge in [0.05, 0.1) is 0 Å². The summed E-state index contributed by atoms with van der Waals surface area (Å²) in [6.07, 6.45) is 7.82. The van der Waals surface area contributed by atoms with Gasteiger partial charge in [-0.15, -0.1) is 11.3 Å². The zero-order valence-corrected chi connectivity index (χ0v) is 18.7. The summed E-state index contributed by atoms with van der Waals surface area (Å²) in [4.78, 5) is 16.5. The Morgan fingerprint density at radius 3 is 2.66 bits per heavy atom. The first-order chi connectivity index (χ1) is 14.0. The van der Waals surface area contributed by atoms with Crippen molar-refractivity contribution >= 4 is 43.3 Å². The lowest BCUT2D eigenvalue weighted by molar-refractivity contribution is 0.346. The Bertz CT molecular complexity index is 1170. The normalized spacial score (nSPS) is 17.7. The number of pyridine rings is 1. The van der Waals surface area contributed by atoms with Crippen molar-refractivity contribution in [3.63, 3.8) is 0 Å². The molecule has 0 bridgehead atoms. The summed E-state index contributed by atoms with van der Waals surface area (Å²) in [5.74, 6) is 0.754. The summed E-state index contributed by atoms with van der Waals surface area (Å²) >= 11 is 3.27. The van der Waals surface area contributed by atoms with Gasteiger partial charge in [-0.25, -0.2) is 23.4 Å². The van der Waals surface area contributed by atoms with E-state index in [1.807, 2.05) is 6.92 Å². The van der Waals surface area contributed by atoms with E-state index in [-0.39, 0.29) is 4.90 Å². The third kappa shape index (κ3) is 3.58. The number of hydrogen-bond donors (Lipinski definition) is 0. The molecule has 3 aromatic rings. The molecule has 1 fully saturated rings. The molecule has 0 amide bonds. The first kappa shape index (κ1) is 19.4. The Hall–Kier alpha value is -1.55. The molecular formula is C20H22N4O2S3. The monoisotopic (exact) mass is 446 g/mol. The third-order valence-corrected chi connectivity index (χ3v) is 9.51. The molecule has 0 atom stereocenters. The maximum Gasteiger partial charge on any atom is 0.244 e. The van der Waals surface area contributed by atoms with Gasteiger partial charge in [0.2, 0.25) is 10.0 Å². The van der Waals surface area contributed by atoms with Gasteiger partial charge in [0, 0.05) is 29.5 Å². The number of aromatic nitrogens is 3. The molecule has 0 saturated carbocycles. The number of fused-ring (bicyclic) bond motifs is 3. The van der Waals surface area contributed by atoms with Crippen molar-refractivity contribution in [1.29, 1.82) is 0 Å². The fraction of sp³-hybridized carbons (Fsp3) is 0.450. The van der Waals surface area contributed by atoms with E-state index in [9.17, 15) is 8.42 Å². The molecule has 1 saturated heterocycles. The van der Waals surface area contributed by atoms with Crippen molar-refractivity contribution in [3.8, 4) is 0 Å². The van der Waals surface area contributed by atoms with Gasteiger partial charge in [0.25, 0.3) is 0 Å². The van der Waals surface area contributed by atoms with Gasteiger partial charge in [-0.05, 0) is 68.5 Å². The molecule has 152 valence electrons. The second-order valence-corrected chi connectivity index (χ2v) is 11.5. The highest BCUT2D eigenvalue weighted by Crippen LogP contribution is 2.41. The second kappa shape index (κ2) is 7.61. The maximum atomic E-state index is 12.8. The van der Waals surface area contributed by atoms with E-state index in [1.165, 1.54) is 34.8 Å². The minimum atomic E-state index is -3.45. The van der Waals surface area contributed by atoms with Gasteiger partial charge >= 0.3 is 0 Å². The van der Waals surface area contributed by atoms with E-state index in [4.69, 9.17) is 0 Å². The van der Waals surface area contributed by atoms with Crippen LogP contribution in [-0.2, 0) is 22.9 Å². The van der Waals surface area contributed by atoms with E-state index in [1.54, 1.807) is 27.8 Å². The molecule has 0 radical (unpaired) electrons. The fourth-order valence-electron chi connectivity index (χ4n) is 4.07. The largest absolute Gasteiger partial charge is 0.248 e. The van der Waals surface area contributed by atoms with Crippen molar-refractivity contribution in [2.75, 3.05) is 13.1 Å². The third-order valence-electron chi connectivity index (χ3n) is 5.51. The Balaban J connectivity index is 1.45. The van der Waals surface area contributed by atoms with E-state index in [0.29, 0.717) is 13.1 Å². The molecule has 0 N–H and O–H groups in total. The molecule has 0 spiro atoms. The number of thiophene rings is 1. The van der Waals surface area contributed by atoms with Crippen LogP contribution >= 0.6 is 23.1 Å². The molecule has 4 heterocycles. The zero-order chi connectivity index (χ0) is 20.0. The fourth-order valence-corrected chi connectivity index (χ4v) is 7.84. The minimum absolute atomic E-state index is 0.268. The van der Waals surface area contributed by atoms with Gasteiger partial charge in [-0.1, -0.05) is 6.42 Å². The lowest BCUT2D eigenvalue weighted by Crippen LogP contribution is -2.35. The number of piperidine rings is 1. The average molecular weight is 447 g/mol.